The molecule has 7 nitrogen and oxygen atoms in total. The van der Waals surface area contributed by atoms with E-state index >= 15 is 0 Å². The smallest absolute Gasteiger partial charge is 0.281 e. The van der Waals surface area contributed by atoms with E-state index in [1.807, 2.05) is 6.92 Å². The Balaban J connectivity index is 2.58. The van der Waals surface area contributed by atoms with Crippen molar-refractivity contribution in [3.05, 3.63) is 0 Å². The zero-order chi connectivity index (χ0) is 15.4. The van der Waals surface area contributed by atoms with Crippen LogP contribution >= 0.6 is 0 Å². The van der Waals surface area contributed by atoms with Crippen molar-refractivity contribution in [1.82, 2.24) is 13.9 Å². The highest BCUT2D eigenvalue weighted by molar-refractivity contribution is 7.91. The molecular formula is C11H25N3O4S2. The zero-order valence-electron chi connectivity index (χ0n) is 12.4. The van der Waals surface area contributed by atoms with Gasteiger partial charge in [-0.1, -0.05) is 6.92 Å². The number of nitrogens with zero attached hydrogens (tertiary/aromatic N) is 2. The minimum absolute atomic E-state index is 0.0711. The number of sulfone groups is 1. The Morgan fingerprint density at radius 1 is 1.30 bits per heavy atom. The summed E-state index contributed by atoms with van der Waals surface area (Å²) < 4.78 is 50.0. The van der Waals surface area contributed by atoms with Crippen LogP contribution in [0.3, 0.4) is 0 Å². The maximum Gasteiger partial charge on any atom is 0.281 e. The Morgan fingerprint density at radius 3 is 2.45 bits per heavy atom. The third-order valence-corrected chi connectivity index (χ3v) is 7.30. The van der Waals surface area contributed by atoms with Crippen LogP contribution in [0.5, 0.6) is 0 Å². The first-order valence-corrected chi connectivity index (χ1v) is 10.0. The molecule has 1 heterocycles. The Kier molecular flexibility index (Phi) is 6.39. The molecule has 0 aromatic carbocycles. The van der Waals surface area contributed by atoms with E-state index in [9.17, 15) is 16.8 Å². The van der Waals surface area contributed by atoms with Crippen LogP contribution in [0.2, 0.25) is 0 Å². The van der Waals surface area contributed by atoms with E-state index in [4.69, 9.17) is 0 Å². The lowest BCUT2D eigenvalue weighted by Crippen LogP contribution is -2.46. The fourth-order valence-corrected chi connectivity index (χ4v) is 5.41. The third kappa shape index (κ3) is 4.66. The van der Waals surface area contributed by atoms with Gasteiger partial charge in [-0.3, -0.25) is 0 Å². The lowest BCUT2D eigenvalue weighted by molar-refractivity contribution is 0.345. The first-order valence-electron chi connectivity index (χ1n) is 6.81. The molecule has 1 fully saturated rings. The van der Waals surface area contributed by atoms with E-state index in [1.165, 1.54) is 22.7 Å². The molecule has 120 valence electrons. The quantitative estimate of drug-likeness (QED) is 0.595. The number of hydrogen-bond acceptors (Lipinski definition) is 5. The Labute approximate surface area is 122 Å². The maximum atomic E-state index is 12.3. The van der Waals surface area contributed by atoms with Gasteiger partial charge >= 0.3 is 0 Å². The van der Waals surface area contributed by atoms with Gasteiger partial charge in [0, 0.05) is 26.7 Å². The van der Waals surface area contributed by atoms with Crippen molar-refractivity contribution in [3.63, 3.8) is 0 Å². The van der Waals surface area contributed by atoms with Crippen LogP contribution in [-0.2, 0) is 20.0 Å². The Bertz CT molecular complexity index is 504. The van der Waals surface area contributed by atoms with Gasteiger partial charge in [0.05, 0.1) is 11.5 Å². The lowest BCUT2D eigenvalue weighted by atomic mass is 10.3. The van der Waals surface area contributed by atoms with Crippen molar-refractivity contribution in [3.8, 4) is 0 Å². The highest BCUT2D eigenvalue weighted by Crippen LogP contribution is 2.20. The standard InChI is InChI=1S/C11H25N3O4S2/c1-4-12-7-5-8-13(2)20(17,18)14(3)11-6-9-19(15,16)10-11/h11-12H,4-10H2,1-3H3. The van der Waals surface area contributed by atoms with E-state index in [0.717, 1.165) is 19.5 Å². The van der Waals surface area contributed by atoms with Gasteiger partial charge in [0.15, 0.2) is 9.84 Å². The number of rotatable bonds is 8. The second-order valence-corrected chi connectivity index (χ2v) is 9.43. The molecule has 0 bridgehead atoms. The average molecular weight is 327 g/mol. The summed E-state index contributed by atoms with van der Waals surface area (Å²) in [6.45, 7) is 4.03. The molecular weight excluding hydrogens is 302 g/mol. The van der Waals surface area contributed by atoms with Gasteiger partial charge in [-0.2, -0.15) is 17.0 Å². The van der Waals surface area contributed by atoms with Crippen molar-refractivity contribution in [2.45, 2.75) is 25.8 Å². The molecule has 0 aliphatic carbocycles. The van der Waals surface area contributed by atoms with E-state index in [1.54, 1.807) is 0 Å². The molecule has 1 aliphatic heterocycles. The van der Waals surface area contributed by atoms with E-state index in [0.29, 0.717) is 13.0 Å². The predicted octanol–water partition coefficient (Wildman–Crippen LogP) is -0.718. The molecule has 0 amide bonds. The fourth-order valence-electron chi connectivity index (χ4n) is 2.19. The van der Waals surface area contributed by atoms with Crippen LogP contribution in [0, 0.1) is 0 Å². The van der Waals surface area contributed by atoms with Crippen molar-refractivity contribution in [1.29, 1.82) is 0 Å². The van der Waals surface area contributed by atoms with Crippen molar-refractivity contribution >= 4 is 20.0 Å². The monoisotopic (exact) mass is 327 g/mol. The summed E-state index contributed by atoms with van der Waals surface area (Å²) >= 11 is 0. The lowest BCUT2D eigenvalue weighted by Gasteiger charge is -2.28. The van der Waals surface area contributed by atoms with Crippen LogP contribution in [0.4, 0.5) is 0 Å². The number of nitrogens with one attached hydrogen (secondary N) is 1. The summed E-state index contributed by atoms with van der Waals surface area (Å²) in [6.07, 6.45) is 1.10. The molecule has 9 heteroatoms. The molecule has 0 radical (unpaired) electrons. The van der Waals surface area contributed by atoms with Crippen molar-refractivity contribution in [2.24, 2.45) is 0 Å². The summed E-state index contributed by atoms with van der Waals surface area (Å²) in [5.74, 6) is -0.00434. The Hall–Kier alpha value is -0.220. The summed E-state index contributed by atoms with van der Waals surface area (Å²) in [7, 11) is -3.68. The second kappa shape index (κ2) is 7.17. The van der Waals surface area contributed by atoms with Gasteiger partial charge < -0.3 is 5.32 Å². The molecule has 1 aliphatic rings. The van der Waals surface area contributed by atoms with Crippen molar-refractivity contribution in [2.75, 3.05) is 45.2 Å². The van der Waals surface area contributed by atoms with Crippen LogP contribution in [0.15, 0.2) is 0 Å². The fraction of sp³-hybridized carbons (Fsp3) is 1.00. The summed E-state index contributed by atoms with van der Waals surface area (Å²) in [5.41, 5.74) is 0. The van der Waals surface area contributed by atoms with Gasteiger partial charge in [-0.05, 0) is 25.9 Å². The first kappa shape index (κ1) is 17.8. The molecule has 0 aromatic rings. The third-order valence-electron chi connectivity index (χ3n) is 3.56. The molecule has 0 spiro atoms. The minimum Gasteiger partial charge on any atom is -0.317 e. The predicted molar refractivity (Wildman–Crippen MR) is 79.5 cm³/mol. The zero-order valence-corrected chi connectivity index (χ0v) is 14.0. The highest BCUT2D eigenvalue weighted by Gasteiger charge is 2.37. The molecule has 0 aromatic heterocycles. The van der Waals surface area contributed by atoms with Crippen LogP contribution < -0.4 is 5.32 Å². The van der Waals surface area contributed by atoms with Gasteiger partial charge in [0.2, 0.25) is 0 Å². The maximum absolute atomic E-state index is 12.3. The average Bonchev–Trinajstić information content (AvgIpc) is 2.73. The van der Waals surface area contributed by atoms with E-state index in [2.05, 4.69) is 5.32 Å². The van der Waals surface area contributed by atoms with Gasteiger partial charge in [0.1, 0.15) is 0 Å². The molecule has 0 saturated carbocycles. The van der Waals surface area contributed by atoms with Gasteiger partial charge in [0.25, 0.3) is 10.2 Å². The summed E-state index contributed by atoms with van der Waals surface area (Å²) in [4.78, 5) is 0. The van der Waals surface area contributed by atoms with Crippen LogP contribution in [0.1, 0.15) is 19.8 Å². The largest absolute Gasteiger partial charge is 0.317 e. The Morgan fingerprint density at radius 2 is 1.95 bits per heavy atom. The number of hydrogen-bond donors (Lipinski definition) is 1. The molecule has 1 N–H and O–H groups in total. The molecule has 1 unspecified atom stereocenters. The van der Waals surface area contributed by atoms with Crippen LogP contribution in [-0.4, -0.2) is 76.7 Å². The second-order valence-electron chi connectivity index (χ2n) is 5.11. The molecule has 1 saturated heterocycles. The minimum atomic E-state index is -3.59. The van der Waals surface area contributed by atoms with Gasteiger partial charge in [-0.15, -0.1) is 0 Å². The van der Waals surface area contributed by atoms with E-state index < -0.39 is 26.1 Å². The van der Waals surface area contributed by atoms with Crippen molar-refractivity contribution < 1.29 is 16.8 Å². The first-order chi connectivity index (χ1) is 9.20. The SMILES string of the molecule is CCNCCCN(C)S(=O)(=O)N(C)C1CCS(=O)(=O)C1. The molecule has 20 heavy (non-hydrogen) atoms. The summed E-state index contributed by atoms with van der Waals surface area (Å²) in [5, 5.41) is 3.14. The summed E-state index contributed by atoms with van der Waals surface area (Å²) in [6, 6.07) is -0.443. The normalized spacial score (nSPS) is 22.8. The molecule has 1 rings (SSSR count). The topological polar surface area (TPSA) is 86.8 Å². The van der Waals surface area contributed by atoms with Gasteiger partial charge in [-0.25, -0.2) is 8.42 Å². The van der Waals surface area contributed by atoms with Crippen LogP contribution in [0.25, 0.3) is 0 Å². The molecule has 1 atom stereocenters. The highest BCUT2D eigenvalue weighted by atomic mass is 32.2. The van der Waals surface area contributed by atoms with E-state index in [-0.39, 0.29) is 11.5 Å².